The van der Waals surface area contributed by atoms with Crippen molar-refractivity contribution in [1.82, 2.24) is 0 Å². The molecule has 0 radical (unpaired) electrons. The normalized spacial score (nSPS) is 21.2. The number of aliphatic imine (C=N–C) groups is 1. The summed E-state index contributed by atoms with van der Waals surface area (Å²) in [7, 11) is 0. The van der Waals surface area contributed by atoms with E-state index in [1.165, 1.54) is 17.8 Å². The molecule has 0 aromatic heterocycles. The number of amides is 2. The summed E-state index contributed by atoms with van der Waals surface area (Å²) in [5, 5.41) is 9.46. The number of rotatable bonds is 4. The number of carbonyl (C=O) groups is 3. The fourth-order valence-electron chi connectivity index (χ4n) is 1.17. The number of urea groups is 1. The van der Waals surface area contributed by atoms with Gasteiger partial charge in [0.2, 0.25) is 0 Å². The lowest BCUT2D eigenvalue weighted by molar-refractivity contribution is -0.138. The second-order valence-corrected chi connectivity index (χ2v) is 4.07. The van der Waals surface area contributed by atoms with Gasteiger partial charge in [0.05, 0.1) is 12.1 Å². The van der Waals surface area contributed by atoms with E-state index in [9.17, 15) is 14.4 Å². The number of nitrogens with two attached hydrogens (primary N) is 1. The summed E-state index contributed by atoms with van der Waals surface area (Å²) in [6.45, 7) is 0. The van der Waals surface area contributed by atoms with Gasteiger partial charge in [0, 0.05) is 6.42 Å². The number of thioether (sulfide) groups is 1. The van der Waals surface area contributed by atoms with Gasteiger partial charge in [-0.15, -0.1) is 11.8 Å². The van der Waals surface area contributed by atoms with Crippen molar-refractivity contribution < 1.29 is 19.5 Å². The van der Waals surface area contributed by atoms with Gasteiger partial charge in [-0.1, -0.05) is 0 Å². The zero-order chi connectivity index (χ0) is 12.1. The van der Waals surface area contributed by atoms with Crippen molar-refractivity contribution in [2.24, 2.45) is 10.7 Å². The van der Waals surface area contributed by atoms with Crippen LogP contribution in [0.4, 0.5) is 4.79 Å². The van der Waals surface area contributed by atoms with Crippen LogP contribution in [0.2, 0.25) is 0 Å². The summed E-state index contributed by atoms with van der Waals surface area (Å²) in [4.78, 5) is 35.9. The molecule has 7 heteroatoms. The molecule has 2 amide bonds. The number of carboxylic acids is 1. The molecule has 0 spiro atoms. The molecule has 1 aliphatic rings. The standard InChI is InChI=1S/C9H10N2O4S/c10-9(15)11-5-3-4-16-8(5)6(12)1-2-7(13)14/h3-4,8H,1-2H2,(H2,10,15)(H,13,14). The molecule has 0 bridgehead atoms. The van der Waals surface area contributed by atoms with Crippen LogP contribution in [0.3, 0.4) is 0 Å². The minimum absolute atomic E-state index is 0.0769. The number of hydrogen-bond donors (Lipinski definition) is 2. The van der Waals surface area contributed by atoms with Crippen LogP contribution in [-0.2, 0) is 9.59 Å². The Morgan fingerprint density at radius 3 is 2.69 bits per heavy atom. The van der Waals surface area contributed by atoms with Gasteiger partial charge in [-0.25, -0.2) is 4.79 Å². The van der Waals surface area contributed by atoms with Crippen molar-refractivity contribution in [2.75, 3.05) is 0 Å². The fourth-order valence-corrected chi connectivity index (χ4v) is 2.09. The quantitative estimate of drug-likeness (QED) is 0.748. The molecule has 3 N–H and O–H groups in total. The van der Waals surface area contributed by atoms with E-state index >= 15 is 0 Å². The molecule has 0 fully saturated rings. The van der Waals surface area contributed by atoms with Crippen molar-refractivity contribution >= 4 is 35.3 Å². The van der Waals surface area contributed by atoms with Crippen LogP contribution < -0.4 is 5.73 Å². The third kappa shape index (κ3) is 3.50. The van der Waals surface area contributed by atoms with Crippen molar-refractivity contribution in [3.63, 3.8) is 0 Å². The summed E-state index contributed by atoms with van der Waals surface area (Å²) in [6, 6.07) is -0.863. The Bertz CT molecular complexity index is 389. The van der Waals surface area contributed by atoms with Crippen molar-refractivity contribution in [1.29, 1.82) is 0 Å². The number of carbonyl (C=O) groups excluding carboxylic acids is 2. The summed E-state index contributed by atoms with van der Waals surface area (Å²) >= 11 is 1.19. The first-order valence-electron chi connectivity index (χ1n) is 4.45. The fraction of sp³-hybridized carbons (Fsp3) is 0.333. The molecular formula is C9H10N2O4S. The van der Waals surface area contributed by atoms with E-state index in [-0.39, 0.29) is 24.3 Å². The predicted octanol–water partition coefficient (Wildman–Crippen LogP) is 0.569. The lowest BCUT2D eigenvalue weighted by Crippen LogP contribution is -2.25. The van der Waals surface area contributed by atoms with Crippen LogP contribution in [0.15, 0.2) is 16.5 Å². The third-order valence-corrected chi connectivity index (χ3v) is 2.91. The van der Waals surface area contributed by atoms with Gasteiger partial charge in [-0.3, -0.25) is 9.59 Å². The van der Waals surface area contributed by atoms with E-state index in [1.807, 2.05) is 0 Å². The first-order valence-corrected chi connectivity index (χ1v) is 5.39. The Balaban J connectivity index is 2.63. The highest BCUT2D eigenvalue weighted by Crippen LogP contribution is 2.24. The zero-order valence-electron chi connectivity index (χ0n) is 8.25. The third-order valence-electron chi connectivity index (χ3n) is 1.84. The van der Waals surface area contributed by atoms with Crippen LogP contribution in [-0.4, -0.2) is 33.9 Å². The molecule has 1 heterocycles. The summed E-state index contributed by atoms with van der Waals surface area (Å²) in [5.74, 6) is -1.30. The lowest BCUT2D eigenvalue weighted by Gasteiger charge is -2.07. The monoisotopic (exact) mass is 242 g/mol. The Morgan fingerprint density at radius 2 is 2.12 bits per heavy atom. The maximum atomic E-state index is 11.6. The minimum Gasteiger partial charge on any atom is -0.481 e. The number of Topliss-reactive ketones (excluding diaryl/α,β-unsaturated/α-hetero) is 1. The van der Waals surface area contributed by atoms with E-state index in [1.54, 1.807) is 5.41 Å². The topological polar surface area (TPSA) is 110 Å². The molecule has 0 saturated heterocycles. The number of primary amides is 1. The number of aliphatic carboxylic acids is 1. The second-order valence-electron chi connectivity index (χ2n) is 3.05. The molecule has 0 aromatic rings. The molecule has 1 aliphatic heterocycles. The van der Waals surface area contributed by atoms with E-state index in [0.717, 1.165) is 0 Å². The molecule has 0 aliphatic carbocycles. The molecule has 6 nitrogen and oxygen atoms in total. The Kier molecular flexibility index (Phi) is 4.24. The average Bonchev–Trinajstić information content (AvgIpc) is 2.61. The molecule has 0 aromatic carbocycles. The Labute approximate surface area is 95.6 Å². The van der Waals surface area contributed by atoms with Gasteiger partial charge in [-0.2, -0.15) is 4.99 Å². The lowest BCUT2D eigenvalue weighted by atomic mass is 10.1. The Hall–Kier alpha value is -1.63. The van der Waals surface area contributed by atoms with E-state index in [4.69, 9.17) is 10.8 Å². The van der Waals surface area contributed by atoms with Crippen molar-refractivity contribution in [3.05, 3.63) is 11.5 Å². The highest BCUT2D eigenvalue weighted by Gasteiger charge is 2.26. The molecule has 86 valence electrons. The van der Waals surface area contributed by atoms with Gasteiger partial charge in [0.1, 0.15) is 5.25 Å². The highest BCUT2D eigenvalue weighted by molar-refractivity contribution is 8.04. The number of carboxylic acid groups (broad SMARTS) is 1. The number of nitrogens with zero attached hydrogens (tertiary/aromatic N) is 1. The smallest absolute Gasteiger partial charge is 0.338 e. The van der Waals surface area contributed by atoms with Gasteiger partial charge in [0.15, 0.2) is 5.78 Å². The first-order chi connectivity index (χ1) is 7.50. The second kappa shape index (κ2) is 5.45. The SMILES string of the molecule is NC(=O)N=C1C=CSC1C(=O)CCC(=O)O. The number of allylic oxidation sites excluding steroid dienone is 1. The summed E-state index contributed by atoms with van der Waals surface area (Å²) in [6.07, 6.45) is 1.23. The van der Waals surface area contributed by atoms with Gasteiger partial charge >= 0.3 is 12.0 Å². The van der Waals surface area contributed by atoms with E-state index < -0.39 is 17.3 Å². The maximum Gasteiger partial charge on any atom is 0.338 e. The minimum atomic E-state index is -1.03. The van der Waals surface area contributed by atoms with Crippen molar-refractivity contribution in [3.8, 4) is 0 Å². The molecular weight excluding hydrogens is 232 g/mol. The van der Waals surface area contributed by atoms with E-state index in [0.29, 0.717) is 0 Å². The molecule has 1 rings (SSSR count). The van der Waals surface area contributed by atoms with Crippen molar-refractivity contribution in [2.45, 2.75) is 18.1 Å². The molecule has 1 atom stereocenters. The molecule has 0 saturated carbocycles. The van der Waals surface area contributed by atoms with Crippen LogP contribution in [0.25, 0.3) is 0 Å². The highest BCUT2D eigenvalue weighted by atomic mass is 32.2. The summed E-state index contributed by atoms with van der Waals surface area (Å²) < 4.78 is 0. The largest absolute Gasteiger partial charge is 0.481 e. The molecule has 1 unspecified atom stereocenters. The predicted molar refractivity (Wildman–Crippen MR) is 59.4 cm³/mol. The van der Waals surface area contributed by atoms with Gasteiger partial charge in [-0.05, 0) is 11.5 Å². The van der Waals surface area contributed by atoms with Crippen LogP contribution in [0.5, 0.6) is 0 Å². The van der Waals surface area contributed by atoms with Crippen LogP contribution >= 0.6 is 11.8 Å². The zero-order valence-corrected chi connectivity index (χ0v) is 9.07. The van der Waals surface area contributed by atoms with Gasteiger partial charge < -0.3 is 10.8 Å². The average molecular weight is 242 g/mol. The number of ketones is 1. The van der Waals surface area contributed by atoms with Gasteiger partial charge in [0.25, 0.3) is 0 Å². The summed E-state index contributed by atoms with van der Waals surface area (Å²) in [5.41, 5.74) is 5.17. The number of hydrogen-bond acceptors (Lipinski definition) is 4. The van der Waals surface area contributed by atoms with Crippen LogP contribution in [0, 0.1) is 0 Å². The van der Waals surface area contributed by atoms with Crippen LogP contribution in [0.1, 0.15) is 12.8 Å². The maximum absolute atomic E-state index is 11.6. The molecule has 16 heavy (non-hydrogen) atoms. The van der Waals surface area contributed by atoms with E-state index in [2.05, 4.69) is 4.99 Å². The Morgan fingerprint density at radius 1 is 1.44 bits per heavy atom. The first kappa shape index (κ1) is 12.4.